The van der Waals surface area contributed by atoms with Crippen LogP contribution in [0.5, 0.6) is 0 Å². The molecular weight excluding hydrogens is 246 g/mol. The smallest absolute Gasteiger partial charge is 0.240 e. The van der Waals surface area contributed by atoms with Crippen LogP contribution in [0.4, 0.5) is 0 Å². The second kappa shape index (κ2) is 6.50. The van der Waals surface area contributed by atoms with E-state index in [-0.39, 0.29) is 5.91 Å². The zero-order valence-corrected chi connectivity index (χ0v) is 11.9. The van der Waals surface area contributed by atoms with Crippen molar-refractivity contribution in [2.45, 2.75) is 46.6 Å². The first-order valence-corrected chi connectivity index (χ1v) is 7.06. The van der Waals surface area contributed by atoms with Gasteiger partial charge in [-0.25, -0.2) is 4.98 Å². The Morgan fingerprint density at radius 1 is 1.50 bits per heavy atom. The molecule has 0 bridgehead atoms. The van der Waals surface area contributed by atoms with E-state index < -0.39 is 5.41 Å². The van der Waals surface area contributed by atoms with E-state index in [4.69, 9.17) is 5.26 Å². The normalized spacial score (nSPS) is 11.0. The molecule has 1 N–H and O–H groups in total. The maximum Gasteiger partial charge on any atom is 0.240 e. The molecule has 0 radical (unpaired) electrons. The predicted octanol–water partition coefficient (Wildman–Crippen LogP) is 2.65. The number of hydrogen-bond donors (Lipinski definition) is 1. The Hall–Kier alpha value is -1.41. The zero-order chi connectivity index (χ0) is 13.6. The molecule has 0 aliphatic carbocycles. The molecule has 1 rings (SSSR count). The van der Waals surface area contributed by atoms with E-state index in [1.807, 2.05) is 20.0 Å². The van der Waals surface area contributed by atoms with Gasteiger partial charge in [0.15, 0.2) is 0 Å². The van der Waals surface area contributed by atoms with Crippen LogP contribution in [0.25, 0.3) is 0 Å². The average molecular weight is 265 g/mol. The standard InChI is InChI=1S/C13H19N3OS/c1-4-10-7-15-11(18-10)8-16-12(17)13(5-2,6-3)9-14/h7H,4-6,8H2,1-3H3,(H,16,17). The molecule has 0 aromatic carbocycles. The fourth-order valence-corrected chi connectivity index (χ4v) is 2.50. The number of nitrogens with one attached hydrogen (secondary N) is 1. The molecule has 0 aliphatic rings. The Labute approximate surface area is 112 Å². The monoisotopic (exact) mass is 265 g/mol. The van der Waals surface area contributed by atoms with E-state index >= 15 is 0 Å². The molecule has 0 spiro atoms. The summed E-state index contributed by atoms with van der Waals surface area (Å²) in [6.07, 6.45) is 3.86. The van der Waals surface area contributed by atoms with Crippen molar-refractivity contribution in [3.8, 4) is 6.07 Å². The second-order valence-corrected chi connectivity index (χ2v) is 5.36. The number of amides is 1. The first-order valence-electron chi connectivity index (χ1n) is 6.25. The van der Waals surface area contributed by atoms with Crippen LogP contribution in [-0.2, 0) is 17.8 Å². The van der Waals surface area contributed by atoms with Gasteiger partial charge >= 0.3 is 0 Å². The number of thiazole rings is 1. The highest BCUT2D eigenvalue weighted by atomic mass is 32.1. The predicted molar refractivity (Wildman–Crippen MR) is 72.0 cm³/mol. The van der Waals surface area contributed by atoms with Gasteiger partial charge in [-0.2, -0.15) is 5.26 Å². The second-order valence-electron chi connectivity index (χ2n) is 4.16. The Morgan fingerprint density at radius 2 is 2.17 bits per heavy atom. The van der Waals surface area contributed by atoms with Crippen molar-refractivity contribution in [1.82, 2.24) is 10.3 Å². The third-order valence-electron chi connectivity index (χ3n) is 3.21. The molecule has 1 heterocycles. The number of carbonyl (C=O) groups excluding carboxylic acids is 1. The highest BCUT2D eigenvalue weighted by Gasteiger charge is 2.34. The molecule has 0 saturated heterocycles. The summed E-state index contributed by atoms with van der Waals surface area (Å²) in [6, 6.07) is 2.14. The van der Waals surface area contributed by atoms with Crippen molar-refractivity contribution in [3.63, 3.8) is 0 Å². The molecule has 0 saturated carbocycles. The molecule has 0 atom stereocenters. The lowest BCUT2D eigenvalue weighted by molar-refractivity contribution is -0.128. The average Bonchev–Trinajstić information content (AvgIpc) is 2.87. The maximum absolute atomic E-state index is 12.1. The van der Waals surface area contributed by atoms with Gasteiger partial charge in [0.25, 0.3) is 0 Å². The molecule has 4 nitrogen and oxygen atoms in total. The number of hydrogen-bond acceptors (Lipinski definition) is 4. The summed E-state index contributed by atoms with van der Waals surface area (Å²) >= 11 is 1.60. The van der Waals surface area contributed by atoms with E-state index in [1.165, 1.54) is 4.88 Å². The van der Waals surface area contributed by atoms with Gasteiger partial charge in [0, 0.05) is 11.1 Å². The molecule has 1 aromatic heterocycles. The quantitative estimate of drug-likeness (QED) is 0.860. The summed E-state index contributed by atoms with van der Waals surface area (Å²) in [5, 5.41) is 12.9. The van der Waals surface area contributed by atoms with Crippen molar-refractivity contribution in [3.05, 3.63) is 16.1 Å². The molecule has 0 aliphatic heterocycles. The van der Waals surface area contributed by atoms with E-state index in [1.54, 1.807) is 11.3 Å². The number of nitrogens with zero attached hydrogens (tertiary/aromatic N) is 2. The van der Waals surface area contributed by atoms with Crippen LogP contribution in [0.1, 0.15) is 43.5 Å². The summed E-state index contributed by atoms with van der Waals surface area (Å²) in [5.41, 5.74) is -0.898. The van der Waals surface area contributed by atoms with Crippen LogP contribution in [0.2, 0.25) is 0 Å². The number of carbonyl (C=O) groups is 1. The van der Waals surface area contributed by atoms with Gasteiger partial charge in [0.2, 0.25) is 5.91 Å². The van der Waals surface area contributed by atoms with Crippen LogP contribution < -0.4 is 5.32 Å². The Bertz CT molecular complexity index is 443. The Kier molecular flexibility index (Phi) is 5.29. The van der Waals surface area contributed by atoms with Crippen LogP contribution in [0.3, 0.4) is 0 Å². The van der Waals surface area contributed by atoms with Gasteiger partial charge in [-0.3, -0.25) is 4.79 Å². The van der Waals surface area contributed by atoms with Crippen LogP contribution in [0, 0.1) is 16.7 Å². The molecule has 0 unspecified atom stereocenters. The molecule has 0 fully saturated rings. The van der Waals surface area contributed by atoms with E-state index in [0.29, 0.717) is 19.4 Å². The first kappa shape index (κ1) is 14.7. The highest BCUT2D eigenvalue weighted by Crippen LogP contribution is 2.25. The lowest BCUT2D eigenvalue weighted by Crippen LogP contribution is -2.38. The minimum absolute atomic E-state index is 0.191. The molecule has 98 valence electrons. The number of aromatic nitrogens is 1. The van der Waals surface area contributed by atoms with Crippen molar-refractivity contribution in [2.75, 3.05) is 0 Å². The van der Waals surface area contributed by atoms with Crippen molar-refractivity contribution < 1.29 is 4.79 Å². The van der Waals surface area contributed by atoms with Gasteiger partial charge in [-0.1, -0.05) is 20.8 Å². The van der Waals surface area contributed by atoms with Crippen molar-refractivity contribution in [2.24, 2.45) is 5.41 Å². The number of rotatable bonds is 6. The SMILES string of the molecule is CCc1cnc(CNC(=O)C(C#N)(CC)CC)s1. The van der Waals surface area contributed by atoms with Gasteiger partial charge in [-0.05, 0) is 19.3 Å². The third-order valence-corrected chi connectivity index (χ3v) is 4.35. The fraction of sp³-hybridized carbons (Fsp3) is 0.615. The van der Waals surface area contributed by atoms with Crippen LogP contribution in [-0.4, -0.2) is 10.9 Å². The minimum Gasteiger partial charge on any atom is -0.348 e. The summed E-state index contributed by atoms with van der Waals surface area (Å²) in [4.78, 5) is 17.5. The summed E-state index contributed by atoms with van der Waals surface area (Å²) in [7, 11) is 0. The molecule has 1 amide bonds. The van der Waals surface area contributed by atoms with Crippen LogP contribution >= 0.6 is 11.3 Å². The summed E-state index contributed by atoms with van der Waals surface area (Å²) in [5.74, 6) is -0.191. The van der Waals surface area contributed by atoms with E-state index in [2.05, 4.69) is 23.3 Å². The van der Waals surface area contributed by atoms with Gasteiger partial charge in [-0.15, -0.1) is 11.3 Å². The van der Waals surface area contributed by atoms with Gasteiger partial charge < -0.3 is 5.32 Å². The van der Waals surface area contributed by atoms with Crippen LogP contribution in [0.15, 0.2) is 6.20 Å². The number of aryl methyl sites for hydroxylation is 1. The lowest BCUT2D eigenvalue weighted by Gasteiger charge is -2.21. The summed E-state index contributed by atoms with van der Waals surface area (Å²) in [6.45, 7) is 6.22. The van der Waals surface area contributed by atoms with Crippen molar-refractivity contribution in [1.29, 1.82) is 5.26 Å². The number of nitriles is 1. The lowest BCUT2D eigenvalue weighted by atomic mass is 9.83. The molecular formula is C13H19N3OS. The maximum atomic E-state index is 12.1. The molecule has 18 heavy (non-hydrogen) atoms. The van der Waals surface area contributed by atoms with Gasteiger partial charge in [0.05, 0.1) is 12.6 Å². The first-order chi connectivity index (χ1) is 8.61. The molecule has 5 heteroatoms. The Morgan fingerprint density at radius 3 is 2.61 bits per heavy atom. The van der Waals surface area contributed by atoms with Crippen molar-refractivity contribution >= 4 is 17.2 Å². The highest BCUT2D eigenvalue weighted by molar-refractivity contribution is 7.11. The zero-order valence-electron chi connectivity index (χ0n) is 11.1. The topological polar surface area (TPSA) is 65.8 Å². The largest absolute Gasteiger partial charge is 0.348 e. The molecule has 1 aromatic rings. The minimum atomic E-state index is -0.898. The Balaban J connectivity index is 2.63. The summed E-state index contributed by atoms with van der Waals surface area (Å²) < 4.78 is 0. The fourth-order valence-electron chi connectivity index (χ4n) is 1.70. The van der Waals surface area contributed by atoms with Gasteiger partial charge in [0.1, 0.15) is 10.4 Å². The third kappa shape index (κ3) is 3.08. The van der Waals surface area contributed by atoms with E-state index in [0.717, 1.165) is 11.4 Å². The van der Waals surface area contributed by atoms with E-state index in [9.17, 15) is 4.79 Å².